The first kappa shape index (κ1) is 71.6. The second-order valence-electron chi connectivity index (χ2n) is 24.9. The Morgan fingerprint density at radius 1 is 0.564 bits per heavy atom. The highest BCUT2D eigenvalue weighted by Gasteiger charge is 2.42. The van der Waals surface area contributed by atoms with Gasteiger partial charge in [0.15, 0.2) is 13.6 Å². The number of nitrogens with zero attached hydrogens (tertiary/aromatic N) is 2. The molecule has 0 aliphatic carbocycles. The minimum absolute atomic E-state index is 0.0132. The number of carbonyl (C=O) groups is 1. The summed E-state index contributed by atoms with van der Waals surface area (Å²) in [5.41, 5.74) is -2.59. The maximum Gasteiger partial charge on any atom is 0.345 e. The molecule has 78 heavy (non-hydrogen) atoms. The van der Waals surface area contributed by atoms with Gasteiger partial charge in [-0.15, -0.1) is 0 Å². The maximum absolute atomic E-state index is 15.6. The Morgan fingerprint density at radius 2 is 1.03 bits per heavy atom. The van der Waals surface area contributed by atoms with Gasteiger partial charge in [0, 0.05) is 71.1 Å². The van der Waals surface area contributed by atoms with Crippen molar-refractivity contribution in [2.75, 3.05) is 93.6 Å². The summed E-state index contributed by atoms with van der Waals surface area (Å²) in [6, 6.07) is 14.9. The van der Waals surface area contributed by atoms with Gasteiger partial charge >= 0.3 is 15.2 Å². The molecule has 20 heteroatoms. The number of rotatable bonds is 40. The average molecular weight is 1150 g/mol. The van der Waals surface area contributed by atoms with Crippen LogP contribution < -0.4 is 14.8 Å². The molecule has 0 fully saturated rings. The van der Waals surface area contributed by atoms with Gasteiger partial charge in [-0.05, 0) is 149 Å². The average Bonchev–Trinajstić information content (AvgIpc) is 3.28. The Kier molecular flexibility index (Phi) is 30.8. The Balaban J connectivity index is 2.82. The van der Waals surface area contributed by atoms with Crippen molar-refractivity contribution in [3.8, 4) is 11.5 Å². The third kappa shape index (κ3) is 32.8. The van der Waals surface area contributed by atoms with Gasteiger partial charge in [-0.2, -0.15) is 0 Å². The normalized spacial score (nSPS) is 13.9. The van der Waals surface area contributed by atoms with Gasteiger partial charge in [0.05, 0.1) is 66.6 Å². The summed E-state index contributed by atoms with van der Waals surface area (Å²) in [4.78, 5) is 17.5. The van der Waals surface area contributed by atoms with E-state index in [1.807, 2.05) is 159 Å². The topological polar surface area (TPSA) is 180 Å². The lowest BCUT2D eigenvalue weighted by molar-refractivity contribution is -0.123. The van der Waals surface area contributed by atoms with Gasteiger partial charge in [-0.3, -0.25) is 23.7 Å². The molecule has 18 nitrogen and oxygen atoms in total. The molecule has 0 heterocycles. The highest BCUT2D eigenvalue weighted by molar-refractivity contribution is 7.54. The molecular weight excluding hydrogens is 1040 g/mol. The quantitative estimate of drug-likeness (QED) is 0.0378. The molecule has 0 aromatic heterocycles. The Hall–Kier alpha value is -2.51. The van der Waals surface area contributed by atoms with Crippen LogP contribution in [0.25, 0.3) is 0 Å². The smallest absolute Gasteiger partial charge is 0.345 e. The van der Waals surface area contributed by atoms with Crippen LogP contribution in [0.4, 0.5) is 0 Å². The molecular formula is C58H105N3O15P2. The molecule has 0 spiro atoms. The summed E-state index contributed by atoms with van der Waals surface area (Å²) in [5.74, 6) is 1.10. The fraction of sp³-hybridized carbons (Fsp3) is 0.776. The van der Waals surface area contributed by atoms with Gasteiger partial charge in [0.2, 0.25) is 5.91 Å². The lowest BCUT2D eigenvalue weighted by atomic mass is 10.0. The Labute approximate surface area is 471 Å². The lowest BCUT2D eigenvalue weighted by Gasteiger charge is -2.41. The molecule has 0 aliphatic heterocycles. The van der Waals surface area contributed by atoms with E-state index >= 15 is 9.13 Å². The fourth-order valence-electron chi connectivity index (χ4n) is 8.05. The third-order valence-corrected chi connectivity index (χ3v) is 16.3. The standard InChI is InChI=1S/C58H105N3O15P2/c1-53(2,3)73-77(63,74-54(4,5)6)43-60(40-47-26-20-22-29-50(47)70-45-68-38-36-65-17)42-49(28-24-25-34-59-52(62)31-32-58(15,16)72-35-33-57(13,14)67-19)61(44-78(64,75-55(7,8)9)76-56(10,11)12)41-48-27-21-23-30-51(48)71-46-69-39-37-66-18/h20-23,26-27,29-30,49H,24-25,28,31-46H2,1-19H3,(H,59,62). The van der Waals surface area contributed by atoms with Gasteiger partial charge in [0.1, 0.15) is 24.1 Å². The highest BCUT2D eigenvalue weighted by Crippen LogP contribution is 2.57. The Bertz CT molecular complexity index is 2060. The molecule has 2 rings (SSSR count). The summed E-state index contributed by atoms with van der Waals surface area (Å²) in [7, 11) is -3.01. The molecule has 2 aromatic rings. The summed E-state index contributed by atoms with van der Waals surface area (Å²) in [5, 5.41) is 3.14. The SMILES string of the molecule is COCCOCOc1ccccc1CN(CC(CCCCNC(=O)CCC(C)(C)OCCC(C)(C)OC)N(Cc1ccccc1OCOCCOC)CP(=O)(OC(C)(C)C)OC(C)(C)C)CP(=O)(OC(C)(C)C)OC(C)(C)C. The second kappa shape index (κ2) is 33.6. The van der Waals surface area contributed by atoms with Crippen LogP contribution in [0, 0.1) is 0 Å². The van der Waals surface area contributed by atoms with Gasteiger partial charge < -0.3 is 61.3 Å². The summed E-state index contributed by atoms with van der Waals surface area (Å²) in [6.45, 7) is 33.5. The van der Waals surface area contributed by atoms with Crippen LogP contribution in [-0.2, 0) is 73.5 Å². The number of carbonyl (C=O) groups excluding carboxylic acids is 1. The number of methoxy groups -OCH3 is 3. The van der Waals surface area contributed by atoms with Crippen LogP contribution in [-0.4, -0.2) is 149 Å². The molecule has 1 amide bonds. The molecule has 0 aliphatic rings. The van der Waals surface area contributed by atoms with Crippen molar-refractivity contribution in [1.29, 1.82) is 0 Å². The van der Waals surface area contributed by atoms with Crippen molar-refractivity contribution in [2.45, 2.75) is 202 Å². The van der Waals surface area contributed by atoms with Crippen LogP contribution in [0.5, 0.6) is 11.5 Å². The monoisotopic (exact) mass is 1150 g/mol. The van der Waals surface area contributed by atoms with E-state index in [0.29, 0.717) is 83.2 Å². The molecule has 0 radical (unpaired) electrons. The number of nitrogens with one attached hydrogen (secondary N) is 1. The lowest BCUT2D eigenvalue weighted by Crippen LogP contribution is -2.45. The van der Waals surface area contributed by atoms with Crippen molar-refractivity contribution in [3.05, 3.63) is 59.7 Å². The fourth-order valence-corrected chi connectivity index (χ4v) is 13.2. The number of unbranched alkanes of at least 4 members (excludes halogenated alkanes) is 1. The molecule has 1 unspecified atom stereocenters. The predicted molar refractivity (Wildman–Crippen MR) is 309 cm³/mol. The number of hydrogen-bond acceptors (Lipinski definition) is 17. The minimum atomic E-state index is -3.98. The van der Waals surface area contributed by atoms with Gasteiger partial charge in [-0.25, -0.2) is 0 Å². The Morgan fingerprint density at radius 3 is 1.49 bits per heavy atom. The molecule has 0 bridgehead atoms. The molecule has 1 atom stereocenters. The second-order valence-corrected chi connectivity index (χ2v) is 28.7. The van der Waals surface area contributed by atoms with Crippen LogP contribution in [0.3, 0.4) is 0 Å². The minimum Gasteiger partial charge on any atom is -0.467 e. The van der Waals surface area contributed by atoms with Crippen LogP contribution in [0.15, 0.2) is 48.5 Å². The summed E-state index contributed by atoms with van der Waals surface area (Å²) < 4.78 is 103. The molecule has 452 valence electrons. The number of para-hydroxylation sites is 2. The van der Waals surface area contributed by atoms with E-state index in [1.165, 1.54) is 0 Å². The number of hydrogen-bond donors (Lipinski definition) is 1. The molecule has 0 saturated heterocycles. The van der Waals surface area contributed by atoms with Crippen LogP contribution in [0.2, 0.25) is 0 Å². The van der Waals surface area contributed by atoms with Gasteiger partial charge in [0.25, 0.3) is 0 Å². The largest absolute Gasteiger partial charge is 0.467 e. The third-order valence-electron chi connectivity index (χ3n) is 11.5. The van der Waals surface area contributed by atoms with Crippen molar-refractivity contribution in [1.82, 2.24) is 15.1 Å². The zero-order chi connectivity index (χ0) is 58.9. The zero-order valence-corrected chi connectivity index (χ0v) is 53.3. The van der Waals surface area contributed by atoms with Crippen molar-refractivity contribution in [2.24, 2.45) is 0 Å². The molecule has 2 aromatic carbocycles. The summed E-state index contributed by atoms with van der Waals surface area (Å²) >= 11 is 0. The van der Waals surface area contributed by atoms with E-state index in [-0.39, 0.29) is 57.3 Å². The molecule has 1 N–H and O–H groups in total. The van der Waals surface area contributed by atoms with E-state index in [2.05, 4.69) is 15.1 Å². The van der Waals surface area contributed by atoms with Gasteiger partial charge in [-0.1, -0.05) is 42.8 Å². The van der Waals surface area contributed by atoms with Crippen molar-refractivity contribution in [3.63, 3.8) is 0 Å². The predicted octanol–water partition coefficient (Wildman–Crippen LogP) is 12.6. The first-order chi connectivity index (χ1) is 36.1. The summed E-state index contributed by atoms with van der Waals surface area (Å²) in [6.07, 6.45) is 3.16. The van der Waals surface area contributed by atoms with E-state index in [0.717, 1.165) is 17.5 Å². The van der Waals surface area contributed by atoms with E-state index in [9.17, 15) is 4.79 Å². The first-order valence-electron chi connectivity index (χ1n) is 27.6. The van der Waals surface area contributed by atoms with Crippen LogP contribution >= 0.6 is 15.2 Å². The van der Waals surface area contributed by atoms with E-state index in [1.54, 1.807) is 21.3 Å². The highest BCUT2D eigenvalue weighted by atomic mass is 31.2. The number of amides is 1. The van der Waals surface area contributed by atoms with Crippen LogP contribution in [0.1, 0.15) is 160 Å². The first-order valence-corrected chi connectivity index (χ1v) is 31.0. The maximum atomic E-state index is 15.6. The number of benzene rings is 2. The van der Waals surface area contributed by atoms with E-state index in [4.69, 9.17) is 56.0 Å². The zero-order valence-electron chi connectivity index (χ0n) is 51.5. The number of ether oxygens (including phenoxy) is 8. The molecule has 0 saturated carbocycles. The van der Waals surface area contributed by atoms with Crippen molar-refractivity contribution >= 4 is 21.1 Å². The van der Waals surface area contributed by atoms with E-state index < -0.39 is 49.2 Å². The van der Waals surface area contributed by atoms with Crippen molar-refractivity contribution < 1.29 is 69.9 Å².